The molecule has 196 valence electrons. The van der Waals surface area contributed by atoms with Crippen LogP contribution in [0.15, 0.2) is 48.5 Å². The van der Waals surface area contributed by atoms with E-state index >= 15 is 0 Å². The molecule has 0 aliphatic carbocycles. The molecule has 0 aromatic heterocycles. The minimum atomic E-state index is 0.592. The van der Waals surface area contributed by atoms with E-state index in [1.807, 2.05) is 36.4 Å². The van der Waals surface area contributed by atoms with E-state index in [4.69, 9.17) is 20.5 Å². The molecule has 0 amide bonds. The average molecular weight is 493 g/mol. The van der Waals surface area contributed by atoms with E-state index in [9.17, 15) is 0 Å². The second-order valence-electron chi connectivity index (χ2n) is 9.69. The van der Waals surface area contributed by atoms with Gasteiger partial charge in [-0.25, -0.2) is 0 Å². The first-order chi connectivity index (χ1) is 17.8. The lowest BCUT2D eigenvalue weighted by Gasteiger charge is -2.26. The van der Waals surface area contributed by atoms with E-state index in [2.05, 4.69) is 15.9 Å². The number of piperidine rings is 2. The Kier molecular flexibility index (Phi) is 13.2. The Labute approximate surface area is 218 Å². The standard InChI is InChI=1S/C15H24N2O.C15H20N2O/c2*16-13-14-5-7-15(8-6-14)18-12-4-11-17-9-2-1-3-10-17/h5-8H,1-4,9-13,16H2;5-8H,1-4,9-12H2. The van der Waals surface area contributed by atoms with Gasteiger partial charge in [-0.2, -0.15) is 5.26 Å². The van der Waals surface area contributed by atoms with Crippen molar-refractivity contribution in [2.75, 3.05) is 52.5 Å². The number of rotatable bonds is 11. The van der Waals surface area contributed by atoms with Crippen LogP contribution in [0.5, 0.6) is 11.5 Å². The van der Waals surface area contributed by atoms with Gasteiger partial charge in [-0.15, -0.1) is 0 Å². The van der Waals surface area contributed by atoms with Crippen molar-refractivity contribution in [2.24, 2.45) is 5.73 Å². The third-order valence-electron chi connectivity index (χ3n) is 6.81. The van der Waals surface area contributed by atoms with Crippen LogP contribution in [0.2, 0.25) is 0 Å². The van der Waals surface area contributed by atoms with Gasteiger partial charge in [0.15, 0.2) is 0 Å². The third kappa shape index (κ3) is 11.0. The molecule has 4 rings (SSSR count). The predicted molar refractivity (Wildman–Crippen MR) is 146 cm³/mol. The van der Waals surface area contributed by atoms with Gasteiger partial charge in [-0.3, -0.25) is 0 Å². The molecule has 36 heavy (non-hydrogen) atoms. The van der Waals surface area contributed by atoms with Crippen molar-refractivity contribution in [3.05, 3.63) is 59.7 Å². The normalized spacial score (nSPS) is 16.4. The third-order valence-corrected chi connectivity index (χ3v) is 6.81. The first-order valence-electron chi connectivity index (χ1n) is 13.8. The van der Waals surface area contributed by atoms with Crippen molar-refractivity contribution in [3.63, 3.8) is 0 Å². The van der Waals surface area contributed by atoms with Crippen molar-refractivity contribution in [2.45, 2.75) is 57.9 Å². The van der Waals surface area contributed by atoms with Crippen LogP contribution in [0, 0.1) is 11.3 Å². The van der Waals surface area contributed by atoms with E-state index in [-0.39, 0.29) is 0 Å². The van der Waals surface area contributed by atoms with Gasteiger partial charge in [-0.1, -0.05) is 25.0 Å². The molecule has 2 fully saturated rings. The number of nitriles is 1. The van der Waals surface area contributed by atoms with E-state index in [1.165, 1.54) is 71.2 Å². The Morgan fingerprint density at radius 2 is 1.11 bits per heavy atom. The molecule has 2 aliphatic heterocycles. The van der Waals surface area contributed by atoms with Gasteiger partial charge in [-0.05, 0) is 107 Å². The lowest BCUT2D eigenvalue weighted by Crippen LogP contribution is -2.31. The quantitative estimate of drug-likeness (QED) is 0.434. The fourth-order valence-corrected chi connectivity index (χ4v) is 4.67. The Morgan fingerprint density at radius 3 is 1.53 bits per heavy atom. The molecular weight excluding hydrogens is 448 g/mol. The maximum atomic E-state index is 8.69. The smallest absolute Gasteiger partial charge is 0.119 e. The fraction of sp³-hybridized carbons (Fsp3) is 0.567. The Bertz CT molecular complexity index is 867. The van der Waals surface area contributed by atoms with Crippen molar-refractivity contribution < 1.29 is 9.47 Å². The summed E-state index contributed by atoms with van der Waals surface area (Å²) in [5.74, 6) is 1.80. The molecule has 6 nitrogen and oxygen atoms in total. The summed E-state index contributed by atoms with van der Waals surface area (Å²) in [4.78, 5) is 5.07. The van der Waals surface area contributed by atoms with E-state index in [0.29, 0.717) is 12.1 Å². The van der Waals surface area contributed by atoms with Crippen LogP contribution in [0.25, 0.3) is 0 Å². The summed E-state index contributed by atoms with van der Waals surface area (Å²) in [5, 5.41) is 8.69. The Balaban J connectivity index is 0.000000201. The summed E-state index contributed by atoms with van der Waals surface area (Å²) >= 11 is 0. The number of nitrogens with zero attached hydrogens (tertiary/aromatic N) is 3. The molecule has 0 radical (unpaired) electrons. The van der Waals surface area contributed by atoms with E-state index in [0.717, 1.165) is 49.7 Å². The van der Waals surface area contributed by atoms with Crippen molar-refractivity contribution in [3.8, 4) is 17.6 Å². The molecular formula is C30H44N4O2. The summed E-state index contributed by atoms with van der Waals surface area (Å²) < 4.78 is 11.4. The number of likely N-dealkylation sites (tertiary alicyclic amines) is 2. The first-order valence-corrected chi connectivity index (χ1v) is 13.8. The number of ether oxygens (including phenoxy) is 2. The molecule has 0 bridgehead atoms. The van der Waals surface area contributed by atoms with Crippen LogP contribution < -0.4 is 15.2 Å². The lowest BCUT2D eigenvalue weighted by atomic mass is 10.1. The Hall–Kier alpha value is -2.59. The summed E-state index contributed by atoms with van der Waals surface area (Å²) in [7, 11) is 0. The highest BCUT2D eigenvalue weighted by molar-refractivity contribution is 5.34. The minimum absolute atomic E-state index is 0.592. The summed E-state index contributed by atoms with van der Waals surface area (Å²) in [6.45, 7) is 9.48. The minimum Gasteiger partial charge on any atom is -0.494 e. The van der Waals surface area contributed by atoms with Gasteiger partial charge in [0.2, 0.25) is 0 Å². The lowest BCUT2D eigenvalue weighted by molar-refractivity contribution is 0.205. The SMILES string of the molecule is N#Cc1ccc(OCCCN2CCCCC2)cc1.NCc1ccc(OCCCN2CCCCC2)cc1. The van der Waals surface area contributed by atoms with E-state index < -0.39 is 0 Å². The summed E-state index contributed by atoms with van der Waals surface area (Å²) in [6.07, 6.45) is 10.4. The van der Waals surface area contributed by atoms with E-state index in [1.54, 1.807) is 12.1 Å². The highest BCUT2D eigenvalue weighted by Crippen LogP contribution is 2.14. The van der Waals surface area contributed by atoms with Gasteiger partial charge in [0.25, 0.3) is 0 Å². The van der Waals surface area contributed by atoms with Crippen molar-refractivity contribution >= 4 is 0 Å². The van der Waals surface area contributed by atoms with Crippen molar-refractivity contribution in [1.29, 1.82) is 5.26 Å². The van der Waals surface area contributed by atoms with Crippen LogP contribution in [0.3, 0.4) is 0 Å². The predicted octanol–water partition coefficient (Wildman–Crippen LogP) is 5.21. The van der Waals surface area contributed by atoms with Crippen LogP contribution in [0.1, 0.15) is 62.5 Å². The average Bonchev–Trinajstić information content (AvgIpc) is 2.95. The molecule has 2 saturated heterocycles. The summed E-state index contributed by atoms with van der Waals surface area (Å²) in [6, 6.07) is 17.5. The molecule has 2 aromatic rings. The molecule has 2 N–H and O–H groups in total. The Morgan fingerprint density at radius 1 is 0.667 bits per heavy atom. The zero-order chi connectivity index (χ0) is 25.3. The first kappa shape index (κ1) is 28.0. The number of benzene rings is 2. The number of hydrogen-bond acceptors (Lipinski definition) is 6. The highest BCUT2D eigenvalue weighted by Gasteiger charge is 2.10. The second kappa shape index (κ2) is 17.0. The molecule has 0 saturated carbocycles. The fourth-order valence-electron chi connectivity index (χ4n) is 4.67. The molecule has 2 aromatic carbocycles. The van der Waals surface area contributed by atoms with Gasteiger partial charge in [0.05, 0.1) is 24.8 Å². The van der Waals surface area contributed by atoms with Gasteiger partial charge < -0.3 is 25.0 Å². The highest BCUT2D eigenvalue weighted by atomic mass is 16.5. The summed E-state index contributed by atoms with van der Waals surface area (Å²) in [5.41, 5.74) is 7.38. The van der Waals surface area contributed by atoms with Crippen molar-refractivity contribution in [1.82, 2.24) is 9.80 Å². The zero-order valence-electron chi connectivity index (χ0n) is 21.9. The maximum Gasteiger partial charge on any atom is 0.119 e. The maximum absolute atomic E-state index is 8.69. The largest absolute Gasteiger partial charge is 0.494 e. The molecule has 0 unspecified atom stereocenters. The van der Waals surface area contributed by atoms with Gasteiger partial charge >= 0.3 is 0 Å². The molecule has 6 heteroatoms. The van der Waals surface area contributed by atoms with Gasteiger partial charge in [0, 0.05) is 19.6 Å². The van der Waals surface area contributed by atoms with Crippen LogP contribution in [-0.4, -0.2) is 62.3 Å². The zero-order valence-corrected chi connectivity index (χ0v) is 21.9. The second-order valence-corrected chi connectivity index (χ2v) is 9.69. The monoisotopic (exact) mass is 492 g/mol. The topological polar surface area (TPSA) is 74.8 Å². The molecule has 0 atom stereocenters. The molecule has 2 aliphatic rings. The van der Waals surface area contributed by atoms with Crippen LogP contribution in [-0.2, 0) is 6.54 Å². The van der Waals surface area contributed by atoms with Gasteiger partial charge in [0.1, 0.15) is 11.5 Å². The molecule has 0 spiro atoms. The number of hydrogen-bond donors (Lipinski definition) is 1. The molecule has 2 heterocycles. The van der Waals surface area contributed by atoms with Crippen LogP contribution >= 0.6 is 0 Å². The van der Waals surface area contributed by atoms with Crippen LogP contribution in [0.4, 0.5) is 0 Å². The number of nitrogens with two attached hydrogens (primary N) is 1.